The molecule has 0 aromatic heterocycles. The Bertz CT molecular complexity index is 469. The molecule has 0 radical (unpaired) electrons. The average Bonchev–Trinajstić information content (AvgIpc) is 2.38. The number of rotatable bonds is 7. The third-order valence-corrected chi connectivity index (χ3v) is 2.61. The summed E-state index contributed by atoms with van der Waals surface area (Å²) in [6.07, 6.45) is 3.33. The fourth-order valence-corrected chi connectivity index (χ4v) is 1.84. The minimum Gasteiger partial charge on any atom is -0.858 e. The van der Waals surface area contributed by atoms with Gasteiger partial charge in [-0.25, -0.2) is 0 Å². The van der Waals surface area contributed by atoms with Gasteiger partial charge in [0.25, 0.3) is 0 Å². The zero-order chi connectivity index (χ0) is 15.9. The summed E-state index contributed by atoms with van der Waals surface area (Å²) in [6, 6.07) is 10.0. The van der Waals surface area contributed by atoms with Crippen molar-refractivity contribution >= 4 is 0 Å². The molecule has 5 heteroatoms. The number of nitrogens with zero attached hydrogens (tertiary/aromatic N) is 2. The van der Waals surface area contributed by atoms with Gasteiger partial charge < -0.3 is 10.0 Å². The van der Waals surface area contributed by atoms with Crippen LogP contribution in [0.2, 0.25) is 0 Å². The van der Waals surface area contributed by atoms with Crippen molar-refractivity contribution in [1.82, 2.24) is 9.96 Å². The van der Waals surface area contributed by atoms with Crippen LogP contribution in [0.3, 0.4) is 0 Å². The van der Waals surface area contributed by atoms with Gasteiger partial charge in [-0.1, -0.05) is 36.4 Å². The van der Waals surface area contributed by atoms with Crippen LogP contribution < -0.4 is 24.0 Å². The molecular formula is C17H25LiN2O2. The van der Waals surface area contributed by atoms with Crippen LogP contribution in [-0.4, -0.2) is 29.2 Å². The van der Waals surface area contributed by atoms with Gasteiger partial charge in [0, 0.05) is 32.2 Å². The maximum absolute atomic E-state index is 12.2. The zero-order valence-electron chi connectivity index (χ0n) is 14.4. The van der Waals surface area contributed by atoms with E-state index in [1.807, 2.05) is 56.0 Å². The van der Waals surface area contributed by atoms with Crippen molar-refractivity contribution in [3.05, 3.63) is 60.6 Å². The third-order valence-electron chi connectivity index (χ3n) is 2.61. The van der Waals surface area contributed by atoms with Crippen LogP contribution in [0.1, 0.15) is 26.3 Å². The quantitative estimate of drug-likeness (QED) is 0.294. The van der Waals surface area contributed by atoms with Crippen LogP contribution in [0.15, 0.2) is 55.1 Å². The molecular weight excluding hydrogens is 271 g/mol. The van der Waals surface area contributed by atoms with Crippen molar-refractivity contribution < 1.29 is 28.8 Å². The van der Waals surface area contributed by atoms with Crippen molar-refractivity contribution in [3.63, 3.8) is 0 Å². The first-order valence-corrected chi connectivity index (χ1v) is 7.02. The number of hydroxylamine groups is 2. The van der Waals surface area contributed by atoms with Crippen LogP contribution in [0.25, 0.3) is 0 Å². The Balaban J connectivity index is 0.00000441. The Morgan fingerprint density at radius 2 is 1.86 bits per heavy atom. The summed E-state index contributed by atoms with van der Waals surface area (Å²) in [7, 11) is 1.62. The topological polar surface area (TPSA) is 38.8 Å². The molecule has 0 aliphatic rings. The van der Waals surface area contributed by atoms with Crippen molar-refractivity contribution in [2.24, 2.45) is 0 Å². The zero-order valence-corrected chi connectivity index (χ0v) is 14.4. The van der Waals surface area contributed by atoms with Gasteiger partial charge in [-0.15, -0.1) is 6.58 Å². The van der Waals surface area contributed by atoms with E-state index in [1.54, 1.807) is 19.3 Å². The second-order valence-electron chi connectivity index (χ2n) is 5.87. The summed E-state index contributed by atoms with van der Waals surface area (Å²) in [5.41, 5.74) is 0.740. The molecule has 1 rings (SSSR count). The molecule has 0 fully saturated rings. The minimum atomic E-state index is -0.402. The van der Waals surface area contributed by atoms with Gasteiger partial charge in [0.2, 0.25) is 0 Å². The largest absolute Gasteiger partial charge is 1.00 e. The summed E-state index contributed by atoms with van der Waals surface area (Å²) < 4.78 is 0. The van der Waals surface area contributed by atoms with E-state index in [2.05, 4.69) is 6.58 Å². The maximum atomic E-state index is 12.2. The van der Waals surface area contributed by atoms with E-state index < -0.39 is 5.60 Å². The summed E-state index contributed by atoms with van der Waals surface area (Å²) >= 11 is 0. The molecule has 0 N–H and O–H groups in total. The predicted molar refractivity (Wildman–Crippen MR) is 83.7 cm³/mol. The normalized spacial score (nSPS) is 11.5. The van der Waals surface area contributed by atoms with Gasteiger partial charge in [-0.05, 0) is 26.3 Å². The smallest absolute Gasteiger partial charge is 0.858 e. The van der Waals surface area contributed by atoms with Gasteiger partial charge in [-0.2, -0.15) is 0 Å². The maximum Gasteiger partial charge on any atom is 1.00 e. The number of benzene rings is 1. The average molecular weight is 296 g/mol. The molecule has 0 saturated carbocycles. The van der Waals surface area contributed by atoms with Gasteiger partial charge in [-0.3, -0.25) is 9.90 Å². The van der Waals surface area contributed by atoms with E-state index >= 15 is 0 Å². The Morgan fingerprint density at radius 1 is 1.27 bits per heavy atom. The Kier molecular flexibility index (Phi) is 9.04. The monoisotopic (exact) mass is 296 g/mol. The van der Waals surface area contributed by atoms with Crippen molar-refractivity contribution in [1.29, 1.82) is 0 Å². The summed E-state index contributed by atoms with van der Waals surface area (Å²) in [5.74, 6) is -0.192. The van der Waals surface area contributed by atoms with E-state index in [9.17, 15) is 5.11 Å². The van der Waals surface area contributed by atoms with E-state index in [0.29, 0.717) is 13.1 Å². The molecule has 22 heavy (non-hydrogen) atoms. The van der Waals surface area contributed by atoms with Crippen LogP contribution in [0.4, 0.5) is 0 Å². The summed E-state index contributed by atoms with van der Waals surface area (Å²) in [4.78, 5) is 7.44. The van der Waals surface area contributed by atoms with Crippen LogP contribution in [0, 0.1) is 0 Å². The molecule has 0 aliphatic heterocycles. The molecule has 0 amide bonds. The molecule has 1 aromatic carbocycles. The van der Waals surface area contributed by atoms with Gasteiger partial charge in [0.1, 0.15) is 0 Å². The molecule has 116 valence electrons. The second-order valence-corrected chi connectivity index (χ2v) is 5.87. The van der Waals surface area contributed by atoms with Crippen LogP contribution in [-0.2, 0) is 11.4 Å². The number of hydrogen-bond acceptors (Lipinski definition) is 4. The van der Waals surface area contributed by atoms with Crippen molar-refractivity contribution in [2.45, 2.75) is 32.9 Å². The standard InChI is InChI=1S/C17H26N2O2.Li/c1-6-12-19(13-15-10-8-7-9-11-15)14-16(20)18(5)21-17(2,3)4;/h6-11,14,20H,1,12-13H2,2-5H3;/q;+1/p-1/b16-14-;. The first kappa shape index (κ1) is 20.7. The SMILES string of the molecule is C=CCN(/C=C(\[O-])N(C)OC(C)(C)C)Cc1ccccc1.[Li+]. The first-order chi connectivity index (χ1) is 9.81. The molecule has 1 aromatic rings. The van der Waals surface area contributed by atoms with Gasteiger partial charge in [0.15, 0.2) is 0 Å². The van der Waals surface area contributed by atoms with Crippen molar-refractivity contribution in [2.75, 3.05) is 13.6 Å². The Labute approximate surface area is 146 Å². The molecule has 0 bridgehead atoms. The van der Waals surface area contributed by atoms with Crippen molar-refractivity contribution in [3.8, 4) is 0 Å². The summed E-state index contributed by atoms with van der Waals surface area (Å²) in [5, 5.41) is 13.4. The van der Waals surface area contributed by atoms with Crippen LogP contribution >= 0.6 is 0 Å². The van der Waals surface area contributed by atoms with Gasteiger partial charge in [0.05, 0.1) is 5.60 Å². The molecule has 4 nitrogen and oxygen atoms in total. The molecule has 0 aliphatic carbocycles. The molecule has 0 unspecified atom stereocenters. The van der Waals surface area contributed by atoms with Crippen LogP contribution in [0.5, 0.6) is 0 Å². The van der Waals surface area contributed by atoms with E-state index in [1.165, 1.54) is 5.06 Å². The van der Waals surface area contributed by atoms with E-state index in [4.69, 9.17) is 4.84 Å². The van der Waals surface area contributed by atoms with E-state index in [-0.39, 0.29) is 24.7 Å². The molecule has 0 saturated heterocycles. The first-order valence-electron chi connectivity index (χ1n) is 7.02. The third kappa shape index (κ3) is 8.19. The second kappa shape index (κ2) is 9.63. The molecule has 0 heterocycles. The molecule has 0 spiro atoms. The number of hydrogen-bond donors (Lipinski definition) is 0. The Morgan fingerprint density at radius 3 is 2.36 bits per heavy atom. The predicted octanol–water partition coefficient (Wildman–Crippen LogP) is -0.500. The molecule has 0 atom stereocenters. The van der Waals surface area contributed by atoms with Gasteiger partial charge >= 0.3 is 18.9 Å². The Hall–Kier alpha value is -1.34. The minimum absolute atomic E-state index is 0. The fraction of sp³-hybridized carbons (Fsp3) is 0.412. The summed E-state index contributed by atoms with van der Waals surface area (Å²) in [6.45, 7) is 10.7. The fourth-order valence-electron chi connectivity index (χ4n) is 1.84. The van der Waals surface area contributed by atoms with E-state index in [0.717, 1.165) is 5.56 Å².